The number of nitrogens with zero attached hydrogens (tertiary/aromatic N) is 1. The highest BCUT2D eigenvalue weighted by molar-refractivity contribution is 6.30. The molecule has 4 nitrogen and oxygen atoms in total. The summed E-state index contributed by atoms with van der Waals surface area (Å²) in [6.45, 7) is 1.87. The van der Waals surface area contributed by atoms with E-state index < -0.39 is 5.54 Å². The van der Waals surface area contributed by atoms with E-state index in [0.717, 1.165) is 11.3 Å². The van der Waals surface area contributed by atoms with Crippen LogP contribution in [-0.2, 0) is 10.3 Å². The Labute approximate surface area is 121 Å². The number of benzene rings is 1. The summed E-state index contributed by atoms with van der Waals surface area (Å²) in [6, 6.07) is 9.11. The van der Waals surface area contributed by atoms with Crippen LogP contribution < -0.4 is 5.32 Å². The molecular weight excluding hydrogens is 285 g/mol. The smallest absolute Gasteiger partial charge is 0.235 e. The molecule has 100 valence electrons. The maximum atomic E-state index is 11.7. The largest absolute Gasteiger partial charge is 0.340 e. The lowest BCUT2D eigenvalue weighted by atomic mass is 9.88. The molecule has 19 heavy (non-hydrogen) atoms. The van der Waals surface area contributed by atoms with Crippen molar-refractivity contribution in [3.8, 4) is 0 Å². The van der Waals surface area contributed by atoms with E-state index in [2.05, 4.69) is 15.5 Å². The first-order valence-electron chi connectivity index (χ1n) is 5.69. The van der Waals surface area contributed by atoms with Crippen molar-refractivity contribution in [3.05, 3.63) is 52.8 Å². The van der Waals surface area contributed by atoms with Crippen molar-refractivity contribution < 1.29 is 4.79 Å². The molecule has 0 aliphatic rings. The standard InChI is InChI=1S/C13H13Cl2N3O/c1-13(17-12(19)8-14,11-5-6-16-18-11)9-3-2-4-10(15)7-9/h2-7H,8H2,1H3,(H,16,18)(H,17,19). The van der Waals surface area contributed by atoms with Crippen LogP contribution >= 0.6 is 23.2 Å². The van der Waals surface area contributed by atoms with Gasteiger partial charge in [0.05, 0.1) is 5.69 Å². The molecule has 1 aromatic carbocycles. The normalized spacial score (nSPS) is 13.8. The van der Waals surface area contributed by atoms with Gasteiger partial charge in [-0.3, -0.25) is 9.89 Å². The third-order valence-corrected chi connectivity index (χ3v) is 3.43. The molecule has 1 amide bonds. The molecule has 1 atom stereocenters. The molecule has 1 heterocycles. The first-order chi connectivity index (χ1) is 9.06. The molecule has 0 aliphatic carbocycles. The van der Waals surface area contributed by atoms with E-state index in [1.807, 2.05) is 19.1 Å². The van der Waals surface area contributed by atoms with Gasteiger partial charge in [-0.1, -0.05) is 23.7 Å². The summed E-state index contributed by atoms with van der Waals surface area (Å²) >= 11 is 11.6. The lowest BCUT2D eigenvalue weighted by molar-refractivity contribution is -0.120. The second-order valence-corrected chi connectivity index (χ2v) is 4.99. The quantitative estimate of drug-likeness (QED) is 0.853. The van der Waals surface area contributed by atoms with Crippen LogP contribution in [0.15, 0.2) is 36.5 Å². The van der Waals surface area contributed by atoms with Gasteiger partial charge in [0.1, 0.15) is 11.4 Å². The Bertz CT molecular complexity index is 571. The number of hydrogen-bond donors (Lipinski definition) is 2. The lowest BCUT2D eigenvalue weighted by Gasteiger charge is -2.30. The first kappa shape index (κ1) is 13.9. The van der Waals surface area contributed by atoms with Gasteiger partial charge in [0.25, 0.3) is 0 Å². The average Bonchev–Trinajstić information content (AvgIpc) is 2.93. The van der Waals surface area contributed by atoms with E-state index >= 15 is 0 Å². The fraction of sp³-hybridized carbons (Fsp3) is 0.231. The molecule has 6 heteroatoms. The van der Waals surface area contributed by atoms with Gasteiger partial charge in [-0.15, -0.1) is 11.6 Å². The van der Waals surface area contributed by atoms with E-state index in [0.29, 0.717) is 5.02 Å². The minimum Gasteiger partial charge on any atom is -0.340 e. The van der Waals surface area contributed by atoms with Crippen LogP contribution in [0.1, 0.15) is 18.2 Å². The SMILES string of the molecule is CC(NC(=O)CCl)(c1cccc(Cl)c1)c1ccn[nH]1. The van der Waals surface area contributed by atoms with Crippen LogP contribution in [0.4, 0.5) is 0 Å². The summed E-state index contributed by atoms with van der Waals surface area (Å²) in [5.74, 6) is -0.372. The highest BCUT2D eigenvalue weighted by atomic mass is 35.5. The average molecular weight is 298 g/mol. The molecular formula is C13H13Cl2N3O. The number of H-pyrrole nitrogens is 1. The van der Waals surface area contributed by atoms with E-state index in [-0.39, 0.29) is 11.8 Å². The number of alkyl halides is 1. The predicted octanol–water partition coefficient (Wildman–Crippen LogP) is 2.68. The minimum atomic E-state index is -0.757. The lowest BCUT2D eigenvalue weighted by Crippen LogP contribution is -2.45. The molecule has 1 unspecified atom stereocenters. The molecule has 0 radical (unpaired) electrons. The van der Waals surface area contributed by atoms with Crippen LogP contribution in [0.25, 0.3) is 0 Å². The highest BCUT2D eigenvalue weighted by Crippen LogP contribution is 2.29. The predicted molar refractivity (Wildman–Crippen MR) is 75.4 cm³/mol. The molecule has 0 fully saturated rings. The Morgan fingerprint density at radius 1 is 1.47 bits per heavy atom. The van der Waals surface area contributed by atoms with E-state index in [1.54, 1.807) is 24.4 Å². The Morgan fingerprint density at radius 3 is 2.84 bits per heavy atom. The fourth-order valence-electron chi connectivity index (χ4n) is 1.94. The molecule has 2 aromatic rings. The molecule has 0 spiro atoms. The second kappa shape index (κ2) is 5.63. The fourth-order valence-corrected chi connectivity index (χ4v) is 2.20. The maximum absolute atomic E-state index is 11.7. The number of halogens is 2. The van der Waals surface area contributed by atoms with Gasteiger partial charge in [0.15, 0.2) is 0 Å². The van der Waals surface area contributed by atoms with E-state index in [1.165, 1.54) is 0 Å². The van der Waals surface area contributed by atoms with Crippen molar-refractivity contribution in [3.63, 3.8) is 0 Å². The van der Waals surface area contributed by atoms with Crippen molar-refractivity contribution in [2.24, 2.45) is 0 Å². The van der Waals surface area contributed by atoms with Crippen molar-refractivity contribution in [2.75, 3.05) is 5.88 Å². The van der Waals surface area contributed by atoms with Crippen molar-refractivity contribution in [1.29, 1.82) is 0 Å². The molecule has 2 rings (SSSR count). The zero-order valence-corrected chi connectivity index (χ0v) is 11.8. The van der Waals surface area contributed by atoms with Gasteiger partial charge in [-0.25, -0.2) is 0 Å². The summed E-state index contributed by atoms with van der Waals surface area (Å²) in [4.78, 5) is 11.7. The molecule has 0 saturated heterocycles. The molecule has 2 N–H and O–H groups in total. The summed E-state index contributed by atoms with van der Waals surface area (Å²) in [5, 5.41) is 10.3. The number of nitrogens with one attached hydrogen (secondary N) is 2. The van der Waals surface area contributed by atoms with Crippen LogP contribution in [0.3, 0.4) is 0 Å². The Kier molecular flexibility index (Phi) is 4.12. The summed E-state index contributed by atoms with van der Waals surface area (Å²) in [5.41, 5.74) is 0.851. The van der Waals surface area contributed by atoms with Crippen LogP contribution in [0.5, 0.6) is 0 Å². The number of rotatable bonds is 4. The molecule has 1 aromatic heterocycles. The second-order valence-electron chi connectivity index (χ2n) is 4.29. The summed E-state index contributed by atoms with van der Waals surface area (Å²) in [6.07, 6.45) is 1.63. The van der Waals surface area contributed by atoms with Gasteiger partial charge in [0, 0.05) is 11.2 Å². The number of carbonyl (C=O) groups is 1. The summed E-state index contributed by atoms with van der Waals surface area (Å²) < 4.78 is 0. The van der Waals surface area contributed by atoms with Crippen LogP contribution in [0, 0.1) is 0 Å². The molecule has 0 saturated carbocycles. The number of amides is 1. The van der Waals surface area contributed by atoms with Crippen molar-refractivity contribution >= 4 is 29.1 Å². The van der Waals surface area contributed by atoms with E-state index in [9.17, 15) is 4.79 Å². The van der Waals surface area contributed by atoms with Crippen LogP contribution in [-0.4, -0.2) is 22.0 Å². The van der Waals surface area contributed by atoms with Crippen molar-refractivity contribution in [2.45, 2.75) is 12.5 Å². The first-order valence-corrected chi connectivity index (χ1v) is 6.60. The number of aromatic nitrogens is 2. The third-order valence-electron chi connectivity index (χ3n) is 2.95. The minimum absolute atomic E-state index is 0.107. The van der Waals surface area contributed by atoms with Gasteiger partial charge in [-0.2, -0.15) is 5.10 Å². The zero-order valence-electron chi connectivity index (χ0n) is 10.3. The Balaban J connectivity index is 2.48. The third kappa shape index (κ3) is 2.91. The number of aromatic amines is 1. The van der Waals surface area contributed by atoms with E-state index in [4.69, 9.17) is 23.2 Å². The zero-order chi connectivity index (χ0) is 13.9. The van der Waals surface area contributed by atoms with Gasteiger partial charge in [0.2, 0.25) is 5.91 Å². The monoisotopic (exact) mass is 297 g/mol. The number of hydrogen-bond acceptors (Lipinski definition) is 2. The van der Waals surface area contributed by atoms with Gasteiger partial charge in [-0.05, 0) is 30.7 Å². The number of carbonyl (C=O) groups excluding carboxylic acids is 1. The summed E-state index contributed by atoms with van der Waals surface area (Å²) in [7, 11) is 0. The Morgan fingerprint density at radius 2 is 2.26 bits per heavy atom. The maximum Gasteiger partial charge on any atom is 0.235 e. The topological polar surface area (TPSA) is 57.8 Å². The van der Waals surface area contributed by atoms with Gasteiger partial charge < -0.3 is 5.32 Å². The molecule has 0 bridgehead atoms. The van der Waals surface area contributed by atoms with Crippen molar-refractivity contribution in [1.82, 2.24) is 15.5 Å². The van der Waals surface area contributed by atoms with Gasteiger partial charge >= 0.3 is 0 Å². The molecule has 0 aliphatic heterocycles. The Hall–Kier alpha value is -1.52. The van der Waals surface area contributed by atoms with Crippen LogP contribution in [0.2, 0.25) is 5.02 Å². The highest BCUT2D eigenvalue weighted by Gasteiger charge is 2.32.